The van der Waals surface area contributed by atoms with Crippen molar-refractivity contribution in [3.05, 3.63) is 17.0 Å². The highest BCUT2D eigenvalue weighted by atomic mass is 16.3. The van der Waals surface area contributed by atoms with E-state index in [0.29, 0.717) is 6.54 Å². The molecule has 1 rings (SSSR count). The van der Waals surface area contributed by atoms with Gasteiger partial charge in [0.1, 0.15) is 0 Å². The number of aliphatic hydroxyl groups excluding tert-OH is 1. The molecule has 1 aromatic heterocycles. The van der Waals surface area contributed by atoms with Crippen LogP contribution in [0.1, 0.15) is 36.8 Å². The van der Waals surface area contributed by atoms with E-state index in [1.54, 1.807) is 0 Å². The van der Waals surface area contributed by atoms with E-state index >= 15 is 0 Å². The van der Waals surface area contributed by atoms with Crippen LogP contribution in [-0.2, 0) is 6.54 Å². The Hall–Kier alpha value is -0.870. The standard InChI is InChI=1S/C11H21N3O/c1-5-14-10(4)11(9(3)13-14)8(2)12-6-7-15/h8,12,15H,5-7H2,1-4H3. The van der Waals surface area contributed by atoms with Crippen LogP contribution < -0.4 is 5.32 Å². The third-order valence-electron chi connectivity index (χ3n) is 2.73. The average molecular weight is 211 g/mol. The first-order valence-electron chi connectivity index (χ1n) is 5.50. The first-order valence-corrected chi connectivity index (χ1v) is 5.50. The van der Waals surface area contributed by atoms with Gasteiger partial charge in [-0.25, -0.2) is 0 Å². The van der Waals surface area contributed by atoms with Crippen molar-refractivity contribution in [1.29, 1.82) is 0 Å². The van der Waals surface area contributed by atoms with Gasteiger partial charge < -0.3 is 10.4 Å². The maximum atomic E-state index is 8.77. The van der Waals surface area contributed by atoms with Crippen LogP contribution in [0.5, 0.6) is 0 Å². The molecule has 0 saturated heterocycles. The lowest BCUT2D eigenvalue weighted by molar-refractivity contribution is 0.286. The summed E-state index contributed by atoms with van der Waals surface area (Å²) in [6, 6.07) is 0.248. The van der Waals surface area contributed by atoms with Gasteiger partial charge in [0.15, 0.2) is 0 Å². The fraction of sp³-hybridized carbons (Fsp3) is 0.727. The number of hydrogen-bond acceptors (Lipinski definition) is 3. The van der Waals surface area contributed by atoms with Crippen molar-refractivity contribution in [3.8, 4) is 0 Å². The van der Waals surface area contributed by atoms with E-state index in [2.05, 4.69) is 31.2 Å². The van der Waals surface area contributed by atoms with Crippen LogP contribution in [-0.4, -0.2) is 28.0 Å². The zero-order valence-corrected chi connectivity index (χ0v) is 10.0. The lowest BCUT2D eigenvalue weighted by Gasteiger charge is -2.13. The maximum Gasteiger partial charge on any atom is 0.0644 e. The number of nitrogens with one attached hydrogen (secondary N) is 1. The van der Waals surface area contributed by atoms with Crippen molar-refractivity contribution in [2.45, 2.75) is 40.3 Å². The van der Waals surface area contributed by atoms with E-state index in [1.807, 2.05) is 11.6 Å². The number of aryl methyl sites for hydroxylation is 2. The zero-order valence-electron chi connectivity index (χ0n) is 10.0. The Morgan fingerprint density at radius 1 is 1.47 bits per heavy atom. The molecule has 0 aliphatic rings. The number of nitrogens with zero attached hydrogens (tertiary/aromatic N) is 2. The first-order chi connectivity index (χ1) is 7.11. The molecule has 1 aromatic rings. The third kappa shape index (κ3) is 2.58. The molecule has 0 fully saturated rings. The monoisotopic (exact) mass is 211 g/mol. The normalized spacial score (nSPS) is 13.1. The van der Waals surface area contributed by atoms with Gasteiger partial charge in [-0.15, -0.1) is 0 Å². The smallest absolute Gasteiger partial charge is 0.0644 e. The molecule has 15 heavy (non-hydrogen) atoms. The highest BCUT2D eigenvalue weighted by molar-refractivity contribution is 5.27. The van der Waals surface area contributed by atoms with Gasteiger partial charge in [-0.05, 0) is 27.7 Å². The minimum Gasteiger partial charge on any atom is -0.395 e. The lowest BCUT2D eigenvalue weighted by atomic mass is 10.1. The summed E-state index contributed by atoms with van der Waals surface area (Å²) in [5.41, 5.74) is 3.55. The SMILES string of the molecule is CCn1nc(C)c(C(C)NCCO)c1C. The second-order valence-electron chi connectivity index (χ2n) is 3.80. The molecular weight excluding hydrogens is 190 g/mol. The molecule has 1 atom stereocenters. The summed E-state index contributed by atoms with van der Waals surface area (Å²) in [7, 11) is 0. The number of aliphatic hydroxyl groups is 1. The molecule has 0 aromatic carbocycles. The molecule has 1 unspecified atom stereocenters. The molecule has 0 radical (unpaired) electrons. The van der Waals surface area contributed by atoms with Gasteiger partial charge in [0.2, 0.25) is 0 Å². The molecule has 4 nitrogen and oxygen atoms in total. The Morgan fingerprint density at radius 2 is 2.13 bits per heavy atom. The summed E-state index contributed by atoms with van der Waals surface area (Å²) in [6.45, 7) is 10.0. The fourth-order valence-corrected chi connectivity index (χ4v) is 2.03. The minimum absolute atomic E-state index is 0.171. The number of hydrogen-bond donors (Lipinski definition) is 2. The van der Waals surface area contributed by atoms with Crippen molar-refractivity contribution in [3.63, 3.8) is 0 Å². The highest BCUT2D eigenvalue weighted by Crippen LogP contribution is 2.20. The second kappa shape index (κ2) is 5.28. The van der Waals surface area contributed by atoms with Crippen molar-refractivity contribution in [2.75, 3.05) is 13.2 Å². The molecule has 1 heterocycles. The molecule has 86 valence electrons. The van der Waals surface area contributed by atoms with Crippen molar-refractivity contribution in [2.24, 2.45) is 0 Å². The Bertz CT molecular complexity index is 320. The van der Waals surface area contributed by atoms with E-state index in [4.69, 9.17) is 5.11 Å². The molecule has 0 amide bonds. The van der Waals surface area contributed by atoms with Crippen LogP contribution in [0.4, 0.5) is 0 Å². The van der Waals surface area contributed by atoms with E-state index < -0.39 is 0 Å². The van der Waals surface area contributed by atoms with Crippen LogP contribution in [0.15, 0.2) is 0 Å². The van der Waals surface area contributed by atoms with Gasteiger partial charge in [-0.2, -0.15) is 5.10 Å². The Morgan fingerprint density at radius 3 is 2.60 bits per heavy atom. The Labute approximate surface area is 91.3 Å². The fourth-order valence-electron chi connectivity index (χ4n) is 2.03. The van der Waals surface area contributed by atoms with Crippen molar-refractivity contribution in [1.82, 2.24) is 15.1 Å². The van der Waals surface area contributed by atoms with Gasteiger partial charge in [-0.1, -0.05) is 0 Å². The van der Waals surface area contributed by atoms with Gasteiger partial charge in [0.05, 0.1) is 12.3 Å². The van der Waals surface area contributed by atoms with Crippen LogP contribution in [0.25, 0.3) is 0 Å². The molecule has 0 bridgehead atoms. The molecule has 0 aliphatic carbocycles. The Balaban J connectivity index is 2.87. The topological polar surface area (TPSA) is 50.1 Å². The first kappa shape index (κ1) is 12.2. The lowest BCUT2D eigenvalue weighted by Crippen LogP contribution is -2.23. The second-order valence-corrected chi connectivity index (χ2v) is 3.80. The van der Waals surface area contributed by atoms with E-state index in [9.17, 15) is 0 Å². The van der Waals surface area contributed by atoms with E-state index in [1.165, 1.54) is 11.3 Å². The zero-order chi connectivity index (χ0) is 11.4. The van der Waals surface area contributed by atoms with Crippen LogP contribution in [0.3, 0.4) is 0 Å². The largest absolute Gasteiger partial charge is 0.395 e. The average Bonchev–Trinajstić information content (AvgIpc) is 2.50. The summed E-state index contributed by atoms with van der Waals surface area (Å²) in [6.07, 6.45) is 0. The quantitative estimate of drug-likeness (QED) is 0.768. The molecule has 0 saturated carbocycles. The molecule has 0 aliphatic heterocycles. The van der Waals surface area contributed by atoms with Gasteiger partial charge in [-0.3, -0.25) is 4.68 Å². The van der Waals surface area contributed by atoms with Crippen LogP contribution >= 0.6 is 0 Å². The molecule has 4 heteroatoms. The third-order valence-corrected chi connectivity index (χ3v) is 2.73. The van der Waals surface area contributed by atoms with Crippen molar-refractivity contribution < 1.29 is 5.11 Å². The maximum absolute atomic E-state index is 8.77. The van der Waals surface area contributed by atoms with Gasteiger partial charge >= 0.3 is 0 Å². The summed E-state index contributed by atoms with van der Waals surface area (Å²) in [5.74, 6) is 0. The van der Waals surface area contributed by atoms with Gasteiger partial charge in [0, 0.05) is 30.4 Å². The van der Waals surface area contributed by atoms with Crippen LogP contribution in [0.2, 0.25) is 0 Å². The van der Waals surface area contributed by atoms with E-state index in [-0.39, 0.29) is 12.6 Å². The summed E-state index contributed by atoms with van der Waals surface area (Å²) >= 11 is 0. The van der Waals surface area contributed by atoms with Crippen LogP contribution in [0, 0.1) is 13.8 Å². The van der Waals surface area contributed by atoms with Gasteiger partial charge in [0.25, 0.3) is 0 Å². The molecular formula is C11H21N3O. The summed E-state index contributed by atoms with van der Waals surface area (Å²) < 4.78 is 2.02. The molecule has 0 spiro atoms. The number of rotatable bonds is 5. The summed E-state index contributed by atoms with van der Waals surface area (Å²) in [4.78, 5) is 0. The predicted octanol–water partition coefficient (Wildman–Crippen LogP) is 1.16. The minimum atomic E-state index is 0.171. The van der Waals surface area contributed by atoms with E-state index in [0.717, 1.165) is 12.2 Å². The molecule has 2 N–H and O–H groups in total. The Kier molecular flexibility index (Phi) is 4.29. The highest BCUT2D eigenvalue weighted by Gasteiger charge is 2.15. The van der Waals surface area contributed by atoms with Crippen molar-refractivity contribution >= 4 is 0 Å². The summed E-state index contributed by atoms with van der Waals surface area (Å²) in [5, 5.41) is 16.5. The predicted molar refractivity (Wildman–Crippen MR) is 60.9 cm³/mol. The number of aromatic nitrogens is 2.